The number of ether oxygens (including phenoxy) is 1. The molecule has 0 saturated heterocycles. The van der Waals surface area contributed by atoms with Gasteiger partial charge in [-0.25, -0.2) is 0 Å². The molecule has 0 heterocycles. The lowest BCUT2D eigenvalue weighted by Gasteiger charge is -2.09. The van der Waals surface area contributed by atoms with Gasteiger partial charge in [0, 0.05) is 5.56 Å². The van der Waals surface area contributed by atoms with E-state index < -0.39 is 0 Å². The molecule has 0 fully saturated rings. The minimum Gasteiger partial charge on any atom is -0.496 e. The number of hydrogen-bond donors (Lipinski definition) is 1. The Morgan fingerprint density at radius 3 is 2.67 bits per heavy atom. The van der Waals surface area contributed by atoms with Gasteiger partial charge >= 0.3 is 0 Å². The second-order valence-electron chi connectivity index (χ2n) is 4.25. The zero-order valence-corrected chi connectivity index (χ0v) is 10.9. The number of methoxy groups -OCH3 is 1. The van der Waals surface area contributed by atoms with Crippen LogP contribution in [0.3, 0.4) is 0 Å². The van der Waals surface area contributed by atoms with E-state index in [4.69, 9.17) is 4.74 Å². The summed E-state index contributed by atoms with van der Waals surface area (Å²) in [7, 11) is 3.69. The largest absolute Gasteiger partial charge is 0.496 e. The fourth-order valence-corrected chi connectivity index (χ4v) is 2.05. The van der Waals surface area contributed by atoms with Gasteiger partial charge in [-0.1, -0.05) is 42.5 Å². The fraction of sp³-hybridized carbons (Fsp3) is 0.250. The van der Waals surface area contributed by atoms with Crippen LogP contribution in [0.1, 0.15) is 5.56 Å². The molecule has 1 N–H and O–H groups in total. The SMILES string of the molecule is CNCCc1cccc(-c2ccccc2OC)c1. The van der Waals surface area contributed by atoms with Crippen molar-refractivity contribution in [2.24, 2.45) is 0 Å². The van der Waals surface area contributed by atoms with E-state index in [2.05, 4.69) is 35.6 Å². The van der Waals surface area contributed by atoms with E-state index in [1.807, 2.05) is 25.2 Å². The first kappa shape index (κ1) is 12.7. The van der Waals surface area contributed by atoms with Crippen LogP contribution in [0.25, 0.3) is 11.1 Å². The standard InChI is InChI=1S/C16H19NO/c1-17-11-10-13-6-5-7-14(12-13)15-8-3-4-9-16(15)18-2/h3-9,12,17H,10-11H2,1-2H3. The zero-order valence-electron chi connectivity index (χ0n) is 10.9. The van der Waals surface area contributed by atoms with Crippen molar-refractivity contribution in [2.45, 2.75) is 6.42 Å². The first-order chi connectivity index (χ1) is 8.85. The summed E-state index contributed by atoms with van der Waals surface area (Å²) in [6.45, 7) is 0.995. The fourth-order valence-electron chi connectivity index (χ4n) is 2.05. The number of hydrogen-bond acceptors (Lipinski definition) is 2. The molecule has 94 valence electrons. The van der Waals surface area contributed by atoms with Crippen LogP contribution in [0.15, 0.2) is 48.5 Å². The molecule has 0 aliphatic rings. The van der Waals surface area contributed by atoms with Crippen molar-refractivity contribution >= 4 is 0 Å². The Bertz CT molecular complexity index is 508. The van der Waals surface area contributed by atoms with E-state index in [-0.39, 0.29) is 0 Å². The highest BCUT2D eigenvalue weighted by molar-refractivity contribution is 5.70. The van der Waals surface area contributed by atoms with Gasteiger partial charge in [0.15, 0.2) is 0 Å². The highest BCUT2D eigenvalue weighted by Crippen LogP contribution is 2.29. The minimum atomic E-state index is 0.920. The predicted molar refractivity (Wildman–Crippen MR) is 76.1 cm³/mol. The molecule has 2 rings (SSSR count). The molecular weight excluding hydrogens is 222 g/mol. The molecule has 0 aromatic heterocycles. The summed E-state index contributed by atoms with van der Waals surface area (Å²) in [6, 6.07) is 16.7. The molecule has 0 bridgehead atoms. The molecule has 2 aromatic rings. The van der Waals surface area contributed by atoms with Crippen molar-refractivity contribution in [1.29, 1.82) is 0 Å². The molecule has 0 amide bonds. The Kier molecular flexibility index (Phi) is 4.37. The summed E-state index contributed by atoms with van der Waals surface area (Å²) in [6.07, 6.45) is 1.04. The summed E-state index contributed by atoms with van der Waals surface area (Å²) >= 11 is 0. The maximum Gasteiger partial charge on any atom is 0.126 e. The normalized spacial score (nSPS) is 10.3. The van der Waals surface area contributed by atoms with Gasteiger partial charge < -0.3 is 10.1 Å². The van der Waals surface area contributed by atoms with Crippen molar-refractivity contribution < 1.29 is 4.74 Å². The number of rotatable bonds is 5. The number of nitrogens with one attached hydrogen (secondary N) is 1. The van der Waals surface area contributed by atoms with Crippen LogP contribution < -0.4 is 10.1 Å². The van der Waals surface area contributed by atoms with Gasteiger partial charge in [0.2, 0.25) is 0 Å². The van der Waals surface area contributed by atoms with Crippen LogP contribution in [-0.2, 0) is 6.42 Å². The summed E-state index contributed by atoms with van der Waals surface area (Å²) in [5.74, 6) is 0.920. The second-order valence-corrected chi connectivity index (χ2v) is 4.25. The lowest BCUT2D eigenvalue weighted by Crippen LogP contribution is -2.10. The number of para-hydroxylation sites is 1. The van der Waals surface area contributed by atoms with Crippen LogP contribution in [-0.4, -0.2) is 20.7 Å². The number of likely N-dealkylation sites (N-methyl/N-ethyl adjacent to an activating group) is 1. The summed E-state index contributed by atoms with van der Waals surface area (Å²) in [5.41, 5.74) is 3.69. The highest BCUT2D eigenvalue weighted by atomic mass is 16.5. The molecule has 0 radical (unpaired) electrons. The van der Waals surface area contributed by atoms with Gasteiger partial charge in [-0.15, -0.1) is 0 Å². The van der Waals surface area contributed by atoms with E-state index >= 15 is 0 Å². The average Bonchev–Trinajstić information content (AvgIpc) is 2.45. The molecule has 0 saturated carbocycles. The Balaban J connectivity index is 2.32. The van der Waals surface area contributed by atoms with Crippen molar-refractivity contribution in [3.8, 4) is 16.9 Å². The van der Waals surface area contributed by atoms with Gasteiger partial charge in [0.05, 0.1) is 7.11 Å². The Hall–Kier alpha value is -1.80. The molecule has 2 heteroatoms. The Labute approximate surface area is 109 Å². The van der Waals surface area contributed by atoms with Gasteiger partial charge in [-0.2, -0.15) is 0 Å². The van der Waals surface area contributed by atoms with Gasteiger partial charge in [0.1, 0.15) is 5.75 Å². The van der Waals surface area contributed by atoms with Gasteiger partial charge in [-0.05, 0) is 37.2 Å². The van der Waals surface area contributed by atoms with Crippen molar-refractivity contribution in [3.63, 3.8) is 0 Å². The molecular formula is C16H19NO. The molecule has 0 aliphatic carbocycles. The van der Waals surface area contributed by atoms with E-state index in [0.29, 0.717) is 0 Å². The minimum absolute atomic E-state index is 0.920. The smallest absolute Gasteiger partial charge is 0.126 e. The predicted octanol–water partition coefficient (Wildman–Crippen LogP) is 3.12. The van der Waals surface area contributed by atoms with Crippen LogP contribution >= 0.6 is 0 Å². The molecule has 0 atom stereocenters. The van der Waals surface area contributed by atoms with Crippen molar-refractivity contribution in [2.75, 3.05) is 20.7 Å². The van der Waals surface area contributed by atoms with E-state index in [1.165, 1.54) is 11.1 Å². The zero-order chi connectivity index (χ0) is 12.8. The maximum atomic E-state index is 5.41. The highest BCUT2D eigenvalue weighted by Gasteiger charge is 2.05. The average molecular weight is 241 g/mol. The second kappa shape index (κ2) is 6.22. The van der Waals surface area contributed by atoms with Gasteiger partial charge in [0.25, 0.3) is 0 Å². The molecule has 2 aromatic carbocycles. The van der Waals surface area contributed by atoms with E-state index in [1.54, 1.807) is 7.11 Å². The molecule has 0 aliphatic heterocycles. The summed E-state index contributed by atoms with van der Waals surface area (Å²) < 4.78 is 5.41. The molecule has 0 spiro atoms. The Morgan fingerprint density at radius 1 is 1.06 bits per heavy atom. The van der Waals surface area contributed by atoms with Crippen molar-refractivity contribution in [3.05, 3.63) is 54.1 Å². The van der Waals surface area contributed by atoms with E-state index in [0.717, 1.165) is 24.3 Å². The van der Waals surface area contributed by atoms with Crippen LogP contribution in [0.2, 0.25) is 0 Å². The molecule has 2 nitrogen and oxygen atoms in total. The first-order valence-electron chi connectivity index (χ1n) is 6.22. The third kappa shape index (κ3) is 2.90. The van der Waals surface area contributed by atoms with Crippen LogP contribution in [0.5, 0.6) is 5.75 Å². The lowest BCUT2D eigenvalue weighted by atomic mass is 10.0. The topological polar surface area (TPSA) is 21.3 Å². The summed E-state index contributed by atoms with van der Waals surface area (Å²) in [4.78, 5) is 0. The first-order valence-corrected chi connectivity index (χ1v) is 6.22. The maximum absolute atomic E-state index is 5.41. The van der Waals surface area contributed by atoms with Crippen LogP contribution in [0.4, 0.5) is 0 Å². The van der Waals surface area contributed by atoms with Crippen molar-refractivity contribution in [1.82, 2.24) is 5.32 Å². The third-order valence-electron chi connectivity index (χ3n) is 3.01. The summed E-state index contributed by atoms with van der Waals surface area (Å²) in [5, 5.41) is 3.17. The van der Waals surface area contributed by atoms with Gasteiger partial charge in [-0.3, -0.25) is 0 Å². The molecule has 18 heavy (non-hydrogen) atoms. The van der Waals surface area contributed by atoms with Crippen LogP contribution in [0, 0.1) is 0 Å². The lowest BCUT2D eigenvalue weighted by molar-refractivity contribution is 0.416. The quantitative estimate of drug-likeness (QED) is 0.868. The molecule has 0 unspecified atom stereocenters. The Morgan fingerprint density at radius 2 is 1.89 bits per heavy atom. The number of benzene rings is 2. The monoisotopic (exact) mass is 241 g/mol. The van der Waals surface area contributed by atoms with E-state index in [9.17, 15) is 0 Å². The third-order valence-corrected chi connectivity index (χ3v) is 3.01.